The first-order chi connectivity index (χ1) is 12.9. The molecule has 2 heterocycles. The number of aryl methyl sites for hydroxylation is 1. The lowest BCUT2D eigenvalue weighted by Crippen LogP contribution is -2.35. The molecule has 0 radical (unpaired) electrons. The van der Waals surface area contributed by atoms with Gasteiger partial charge < -0.3 is 9.30 Å². The molecule has 1 fully saturated rings. The van der Waals surface area contributed by atoms with Crippen LogP contribution in [0, 0.1) is 0 Å². The van der Waals surface area contributed by atoms with Gasteiger partial charge in [0.2, 0.25) is 0 Å². The van der Waals surface area contributed by atoms with Gasteiger partial charge in [-0.2, -0.15) is 0 Å². The van der Waals surface area contributed by atoms with Gasteiger partial charge in [0.15, 0.2) is 0 Å². The van der Waals surface area contributed by atoms with Crippen LogP contribution in [0.2, 0.25) is 0 Å². The molecule has 0 spiro atoms. The smallest absolute Gasteiger partial charge is 0.326 e. The van der Waals surface area contributed by atoms with E-state index in [0.29, 0.717) is 11.3 Å². The Hall–Kier alpha value is -2.54. The Labute approximate surface area is 162 Å². The molecule has 2 aromatic rings. The van der Waals surface area contributed by atoms with E-state index in [2.05, 4.69) is 4.57 Å². The van der Waals surface area contributed by atoms with Crippen LogP contribution in [0.15, 0.2) is 35.4 Å². The van der Waals surface area contributed by atoms with Crippen LogP contribution in [0.5, 0.6) is 0 Å². The van der Waals surface area contributed by atoms with Gasteiger partial charge in [0.1, 0.15) is 6.54 Å². The van der Waals surface area contributed by atoms with E-state index in [9.17, 15) is 14.4 Å². The van der Waals surface area contributed by atoms with E-state index in [1.54, 1.807) is 13.0 Å². The SMILES string of the molecule is CC[C@H](C)OC(=O)CN1C(=O)S/C(=C\c2cn(CC)c3ccccc23)C1=O. The van der Waals surface area contributed by atoms with E-state index < -0.39 is 17.1 Å². The molecule has 1 saturated heterocycles. The number of carbonyl (C=O) groups is 3. The molecule has 0 unspecified atom stereocenters. The number of hydrogen-bond donors (Lipinski definition) is 0. The van der Waals surface area contributed by atoms with Crippen molar-refractivity contribution < 1.29 is 19.1 Å². The number of nitrogens with zero attached hydrogens (tertiary/aromatic N) is 2. The number of thioether (sulfide) groups is 1. The van der Waals surface area contributed by atoms with Gasteiger partial charge in [0.05, 0.1) is 11.0 Å². The molecule has 3 rings (SSSR count). The summed E-state index contributed by atoms with van der Waals surface area (Å²) in [5.74, 6) is -1.03. The molecule has 1 atom stereocenters. The summed E-state index contributed by atoms with van der Waals surface area (Å²) in [6.07, 6.45) is 4.12. The lowest BCUT2D eigenvalue weighted by molar-refractivity contribution is -0.150. The standard InChI is InChI=1S/C20H22N2O4S/c1-4-13(3)26-18(23)12-22-19(24)17(27-20(22)25)10-14-11-21(5-2)16-9-7-6-8-15(14)16/h6-11,13H,4-5,12H2,1-3H3/b17-10-/t13-/m0/s1. The molecule has 6 nitrogen and oxygen atoms in total. The Balaban J connectivity index is 1.84. The fourth-order valence-electron chi connectivity index (χ4n) is 2.90. The van der Waals surface area contributed by atoms with Crippen molar-refractivity contribution in [2.24, 2.45) is 0 Å². The third kappa shape index (κ3) is 3.93. The molecule has 7 heteroatoms. The zero-order valence-electron chi connectivity index (χ0n) is 15.6. The molecule has 1 aromatic heterocycles. The largest absolute Gasteiger partial charge is 0.461 e. The molecule has 0 bridgehead atoms. The summed E-state index contributed by atoms with van der Waals surface area (Å²) in [6, 6.07) is 7.92. The summed E-state index contributed by atoms with van der Waals surface area (Å²) < 4.78 is 7.26. The summed E-state index contributed by atoms with van der Waals surface area (Å²) in [4.78, 5) is 38.0. The highest BCUT2D eigenvalue weighted by Gasteiger charge is 2.37. The quantitative estimate of drug-likeness (QED) is 0.554. The second-order valence-corrected chi connectivity index (χ2v) is 7.36. The monoisotopic (exact) mass is 386 g/mol. The molecule has 142 valence electrons. The van der Waals surface area contributed by atoms with Gasteiger partial charge in [0.25, 0.3) is 11.1 Å². The van der Waals surface area contributed by atoms with Crippen LogP contribution in [0.3, 0.4) is 0 Å². The molecule has 2 amide bonds. The number of carbonyl (C=O) groups excluding carboxylic acids is 3. The number of hydrogen-bond acceptors (Lipinski definition) is 5. The first-order valence-corrected chi connectivity index (χ1v) is 9.79. The van der Waals surface area contributed by atoms with Crippen molar-refractivity contribution >= 4 is 45.9 Å². The minimum atomic E-state index is -0.574. The second-order valence-electron chi connectivity index (χ2n) is 6.36. The van der Waals surface area contributed by atoms with E-state index >= 15 is 0 Å². The van der Waals surface area contributed by atoms with Crippen molar-refractivity contribution in [3.05, 3.63) is 40.9 Å². The van der Waals surface area contributed by atoms with Crippen molar-refractivity contribution in [2.75, 3.05) is 6.54 Å². The molecule has 1 aromatic carbocycles. The van der Waals surface area contributed by atoms with Crippen LogP contribution in [0.1, 0.15) is 32.8 Å². The van der Waals surface area contributed by atoms with E-state index in [0.717, 1.165) is 39.7 Å². The highest BCUT2D eigenvalue weighted by molar-refractivity contribution is 8.18. The number of imide groups is 1. The molecular formula is C20H22N2O4S. The van der Waals surface area contributed by atoms with Crippen molar-refractivity contribution in [1.82, 2.24) is 9.47 Å². The lowest BCUT2D eigenvalue weighted by atomic mass is 10.1. The minimum absolute atomic E-state index is 0.242. The zero-order chi connectivity index (χ0) is 19.6. The molecule has 1 aliphatic heterocycles. The van der Waals surface area contributed by atoms with Crippen molar-refractivity contribution in [1.29, 1.82) is 0 Å². The highest BCUT2D eigenvalue weighted by Crippen LogP contribution is 2.34. The van der Waals surface area contributed by atoms with Crippen LogP contribution in [0.4, 0.5) is 4.79 Å². The van der Waals surface area contributed by atoms with Crippen LogP contribution in [-0.4, -0.2) is 39.2 Å². The Morgan fingerprint density at radius 2 is 2.00 bits per heavy atom. The lowest BCUT2D eigenvalue weighted by Gasteiger charge is -2.14. The maximum Gasteiger partial charge on any atom is 0.326 e. The van der Waals surface area contributed by atoms with Gasteiger partial charge in [-0.1, -0.05) is 25.1 Å². The molecule has 27 heavy (non-hydrogen) atoms. The predicted molar refractivity (Wildman–Crippen MR) is 106 cm³/mol. The van der Waals surface area contributed by atoms with Crippen LogP contribution < -0.4 is 0 Å². The van der Waals surface area contributed by atoms with E-state index in [1.165, 1.54) is 0 Å². The van der Waals surface area contributed by atoms with Gasteiger partial charge in [-0.25, -0.2) is 0 Å². The number of esters is 1. The minimum Gasteiger partial charge on any atom is -0.461 e. The Morgan fingerprint density at radius 3 is 2.70 bits per heavy atom. The summed E-state index contributed by atoms with van der Waals surface area (Å²) >= 11 is 0.850. The highest BCUT2D eigenvalue weighted by atomic mass is 32.2. The van der Waals surface area contributed by atoms with Gasteiger partial charge in [-0.15, -0.1) is 0 Å². The molecule has 0 saturated carbocycles. The number of fused-ring (bicyclic) bond motifs is 1. The third-order valence-electron chi connectivity index (χ3n) is 4.52. The number of amides is 2. The first kappa shape index (κ1) is 19.2. The number of aromatic nitrogens is 1. The van der Waals surface area contributed by atoms with E-state index in [1.807, 2.05) is 44.3 Å². The van der Waals surface area contributed by atoms with Gasteiger partial charge >= 0.3 is 5.97 Å². The fourth-order valence-corrected chi connectivity index (χ4v) is 3.73. The predicted octanol–water partition coefficient (Wildman–Crippen LogP) is 4.04. The Morgan fingerprint density at radius 1 is 1.26 bits per heavy atom. The number of benzene rings is 1. The van der Waals surface area contributed by atoms with Crippen molar-refractivity contribution in [3.63, 3.8) is 0 Å². The van der Waals surface area contributed by atoms with E-state index in [4.69, 9.17) is 4.74 Å². The third-order valence-corrected chi connectivity index (χ3v) is 5.42. The molecular weight excluding hydrogens is 364 g/mol. The van der Waals surface area contributed by atoms with Crippen LogP contribution >= 0.6 is 11.8 Å². The summed E-state index contributed by atoms with van der Waals surface area (Å²) in [5.41, 5.74) is 1.95. The molecule has 1 aliphatic rings. The van der Waals surface area contributed by atoms with Crippen molar-refractivity contribution in [2.45, 2.75) is 39.8 Å². The summed E-state index contributed by atoms with van der Waals surface area (Å²) in [7, 11) is 0. The van der Waals surface area contributed by atoms with Crippen molar-refractivity contribution in [3.8, 4) is 0 Å². The topological polar surface area (TPSA) is 68.6 Å². The number of ether oxygens (including phenoxy) is 1. The summed E-state index contributed by atoms with van der Waals surface area (Å²) in [6.45, 7) is 6.16. The Bertz CT molecular complexity index is 931. The van der Waals surface area contributed by atoms with Gasteiger partial charge in [0, 0.05) is 29.2 Å². The number of para-hydroxylation sites is 1. The number of rotatable bonds is 6. The maximum atomic E-state index is 12.6. The van der Waals surface area contributed by atoms with Gasteiger partial charge in [-0.3, -0.25) is 19.3 Å². The molecule has 0 N–H and O–H groups in total. The molecule has 0 aliphatic carbocycles. The Kier molecular flexibility index (Phi) is 5.70. The summed E-state index contributed by atoms with van der Waals surface area (Å²) in [5, 5.41) is 0.564. The average Bonchev–Trinajstić information content (AvgIpc) is 3.14. The van der Waals surface area contributed by atoms with Crippen LogP contribution in [-0.2, 0) is 20.9 Å². The maximum absolute atomic E-state index is 12.6. The zero-order valence-corrected chi connectivity index (χ0v) is 16.4. The van der Waals surface area contributed by atoms with Gasteiger partial charge in [-0.05, 0) is 44.2 Å². The first-order valence-electron chi connectivity index (χ1n) is 8.97. The van der Waals surface area contributed by atoms with E-state index in [-0.39, 0.29) is 12.6 Å². The van der Waals surface area contributed by atoms with Crippen LogP contribution in [0.25, 0.3) is 17.0 Å². The second kappa shape index (κ2) is 8.00. The average molecular weight is 386 g/mol. The fraction of sp³-hybridized carbons (Fsp3) is 0.350. The normalized spacial score (nSPS) is 17.1.